The number of carbonyl (C=O) groups excluding carboxylic acids is 1. The Hall–Kier alpha value is -1.93. The Labute approximate surface area is 149 Å². The number of amides is 1. The standard InChI is InChI=1S/C17H26N4O3S/c1-12(2)11-18-17(22)9-8-16-19-14-10-13(25(23,24)20(3)4)6-7-15(14)21(16)5/h6-7,10,12H,8-9,11H2,1-5H3,(H,18,22). The van der Waals surface area contributed by atoms with Crippen LogP contribution in [0.1, 0.15) is 26.1 Å². The third-order valence-electron chi connectivity index (χ3n) is 4.01. The number of nitrogens with one attached hydrogen (secondary N) is 1. The summed E-state index contributed by atoms with van der Waals surface area (Å²) in [6.07, 6.45) is 0.859. The van der Waals surface area contributed by atoms with Crippen LogP contribution < -0.4 is 5.32 Å². The molecule has 0 spiro atoms. The van der Waals surface area contributed by atoms with Gasteiger partial charge in [0, 0.05) is 40.5 Å². The van der Waals surface area contributed by atoms with E-state index >= 15 is 0 Å². The van der Waals surface area contributed by atoms with E-state index in [9.17, 15) is 13.2 Å². The van der Waals surface area contributed by atoms with Crippen molar-refractivity contribution in [3.63, 3.8) is 0 Å². The van der Waals surface area contributed by atoms with Crippen LogP contribution in [0.3, 0.4) is 0 Å². The fraction of sp³-hybridized carbons (Fsp3) is 0.529. The van der Waals surface area contributed by atoms with Gasteiger partial charge < -0.3 is 9.88 Å². The molecule has 1 aromatic heterocycles. The lowest BCUT2D eigenvalue weighted by Crippen LogP contribution is -2.27. The van der Waals surface area contributed by atoms with Gasteiger partial charge in [0.25, 0.3) is 0 Å². The molecule has 0 aliphatic rings. The molecule has 1 heterocycles. The van der Waals surface area contributed by atoms with Gasteiger partial charge in [-0.2, -0.15) is 0 Å². The average Bonchev–Trinajstić information content (AvgIpc) is 2.86. The maximum absolute atomic E-state index is 12.2. The molecule has 1 N–H and O–H groups in total. The van der Waals surface area contributed by atoms with Gasteiger partial charge in [-0.3, -0.25) is 4.79 Å². The van der Waals surface area contributed by atoms with E-state index in [0.29, 0.717) is 30.8 Å². The highest BCUT2D eigenvalue weighted by Crippen LogP contribution is 2.21. The van der Waals surface area contributed by atoms with Crippen molar-refractivity contribution in [1.29, 1.82) is 0 Å². The third kappa shape index (κ3) is 4.38. The lowest BCUT2D eigenvalue weighted by Gasteiger charge is -2.10. The zero-order chi connectivity index (χ0) is 18.8. The molecular weight excluding hydrogens is 340 g/mol. The molecule has 2 aromatic rings. The molecule has 0 saturated carbocycles. The van der Waals surface area contributed by atoms with Crippen molar-refractivity contribution in [2.75, 3.05) is 20.6 Å². The number of carbonyl (C=O) groups is 1. The van der Waals surface area contributed by atoms with E-state index in [2.05, 4.69) is 10.3 Å². The molecule has 1 amide bonds. The van der Waals surface area contributed by atoms with Crippen molar-refractivity contribution in [2.45, 2.75) is 31.6 Å². The minimum Gasteiger partial charge on any atom is -0.356 e. The minimum atomic E-state index is -3.49. The predicted octanol–water partition coefficient (Wildman–Crippen LogP) is 1.53. The summed E-state index contributed by atoms with van der Waals surface area (Å²) in [7, 11) is 1.38. The first-order chi connectivity index (χ1) is 11.6. The molecule has 0 bridgehead atoms. The van der Waals surface area contributed by atoms with Gasteiger partial charge in [0.15, 0.2) is 0 Å². The van der Waals surface area contributed by atoms with Crippen molar-refractivity contribution in [1.82, 2.24) is 19.2 Å². The SMILES string of the molecule is CC(C)CNC(=O)CCc1nc2cc(S(=O)(=O)N(C)C)ccc2n1C. The first kappa shape index (κ1) is 19.4. The average molecular weight is 366 g/mol. The second kappa shape index (κ2) is 7.53. The third-order valence-corrected chi connectivity index (χ3v) is 5.82. The molecule has 7 nitrogen and oxygen atoms in total. The number of sulfonamides is 1. The van der Waals surface area contributed by atoms with Gasteiger partial charge in [-0.1, -0.05) is 13.8 Å². The molecular formula is C17H26N4O3S. The quantitative estimate of drug-likeness (QED) is 0.805. The van der Waals surface area contributed by atoms with Crippen LogP contribution in [-0.4, -0.2) is 48.8 Å². The van der Waals surface area contributed by atoms with Crippen molar-refractivity contribution in [2.24, 2.45) is 13.0 Å². The second-order valence-corrected chi connectivity index (χ2v) is 8.87. The van der Waals surface area contributed by atoms with Gasteiger partial charge in [-0.05, 0) is 24.1 Å². The number of aryl methyl sites for hydroxylation is 2. The Kier molecular flexibility index (Phi) is 5.84. The molecule has 0 saturated heterocycles. The molecule has 8 heteroatoms. The van der Waals surface area contributed by atoms with Crippen LogP contribution in [0.4, 0.5) is 0 Å². The molecule has 0 fully saturated rings. The van der Waals surface area contributed by atoms with Gasteiger partial charge in [0.2, 0.25) is 15.9 Å². The zero-order valence-electron chi connectivity index (χ0n) is 15.4. The van der Waals surface area contributed by atoms with Gasteiger partial charge in [0.05, 0.1) is 15.9 Å². The van der Waals surface area contributed by atoms with E-state index < -0.39 is 10.0 Å². The molecule has 2 rings (SSSR count). The Bertz CT molecular complexity index is 869. The Morgan fingerprint density at radius 1 is 1.32 bits per heavy atom. The zero-order valence-corrected chi connectivity index (χ0v) is 16.2. The van der Waals surface area contributed by atoms with Crippen molar-refractivity contribution in [3.05, 3.63) is 24.0 Å². The molecule has 25 heavy (non-hydrogen) atoms. The lowest BCUT2D eigenvalue weighted by atomic mass is 10.2. The Balaban J connectivity index is 2.20. The number of fused-ring (bicyclic) bond motifs is 1. The van der Waals surface area contributed by atoms with E-state index in [4.69, 9.17) is 0 Å². The summed E-state index contributed by atoms with van der Waals surface area (Å²) in [6.45, 7) is 4.75. The summed E-state index contributed by atoms with van der Waals surface area (Å²) in [5.41, 5.74) is 1.46. The van der Waals surface area contributed by atoms with Crippen molar-refractivity contribution in [3.8, 4) is 0 Å². The van der Waals surface area contributed by atoms with E-state index in [1.165, 1.54) is 18.4 Å². The van der Waals surface area contributed by atoms with Crippen LogP contribution in [0.25, 0.3) is 11.0 Å². The Morgan fingerprint density at radius 2 is 2.00 bits per heavy atom. The molecule has 1 aromatic carbocycles. The fourth-order valence-electron chi connectivity index (χ4n) is 2.46. The number of rotatable bonds is 7. The van der Waals surface area contributed by atoms with E-state index in [1.807, 2.05) is 25.5 Å². The summed E-state index contributed by atoms with van der Waals surface area (Å²) < 4.78 is 27.6. The second-order valence-electron chi connectivity index (χ2n) is 6.72. The van der Waals surface area contributed by atoms with Gasteiger partial charge in [-0.25, -0.2) is 17.7 Å². The van der Waals surface area contributed by atoms with Gasteiger partial charge >= 0.3 is 0 Å². The molecule has 0 radical (unpaired) electrons. The van der Waals surface area contributed by atoms with E-state index in [0.717, 1.165) is 11.3 Å². The molecule has 0 aliphatic heterocycles. The van der Waals surface area contributed by atoms with Crippen molar-refractivity contribution >= 4 is 27.0 Å². The predicted molar refractivity (Wildman–Crippen MR) is 97.8 cm³/mol. The van der Waals surface area contributed by atoms with Crippen LogP contribution in [0.5, 0.6) is 0 Å². The normalized spacial score (nSPS) is 12.3. The highest BCUT2D eigenvalue weighted by atomic mass is 32.2. The lowest BCUT2D eigenvalue weighted by molar-refractivity contribution is -0.121. The molecule has 0 aliphatic carbocycles. The van der Waals surface area contributed by atoms with E-state index in [1.54, 1.807) is 18.2 Å². The summed E-state index contributed by atoms with van der Waals surface area (Å²) in [4.78, 5) is 16.6. The molecule has 138 valence electrons. The largest absolute Gasteiger partial charge is 0.356 e. The molecule has 0 atom stereocenters. The number of benzene rings is 1. The van der Waals surface area contributed by atoms with Crippen LogP contribution in [0, 0.1) is 5.92 Å². The number of imidazole rings is 1. The fourth-order valence-corrected chi connectivity index (χ4v) is 3.38. The number of hydrogen-bond acceptors (Lipinski definition) is 4. The number of aromatic nitrogens is 2. The van der Waals surface area contributed by atoms with Crippen LogP contribution in [0.15, 0.2) is 23.1 Å². The maximum Gasteiger partial charge on any atom is 0.242 e. The van der Waals surface area contributed by atoms with Crippen molar-refractivity contribution < 1.29 is 13.2 Å². The van der Waals surface area contributed by atoms with Gasteiger partial charge in [-0.15, -0.1) is 0 Å². The topological polar surface area (TPSA) is 84.3 Å². The highest BCUT2D eigenvalue weighted by molar-refractivity contribution is 7.89. The first-order valence-corrected chi connectivity index (χ1v) is 9.71. The van der Waals surface area contributed by atoms with Crippen LogP contribution >= 0.6 is 0 Å². The van der Waals surface area contributed by atoms with E-state index in [-0.39, 0.29) is 10.8 Å². The summed E-state index contributed by atoms with van der Waals surface area (Å²) in [6, 6.07) is 4.91. The van der Waals surface area contributed by atoms with Crippen LogP contribution in [0.2, 0.25) is 0 Å². The number of nitrogens with zero attached hydrogens (tertiary/aromatic N) is 3. The van der Waals surface area contributed by atoms with Gasteiger partial charge in [0.1, 0.15) is 5.82 Å². The monoisotopic (exact) mass is 366 g/mol. The summed E-state index contributed by atoms with van der Waals surface area (Å²) in [5, 5.41) is 2.89. The minimum absolute atomic E-state index is 0.00312. The molecule has 0 unspecified atom stereocenters. The maximum atomic E-state index is 12.2. The number of hydrogen-bond donors (Lipinski definition) is 1. The first-order valence-electron chi connectivity index (χ1n) is 8.27. The smallest absolute Gasteiger partial charge is 0.242 e. The highest BCUT2D eigenvalue weighted by Gasteiger charge is 2.19. The van der Waals surface area contributed by atoms with Crippen LogP contribution in [-0.2, 0) is 28.3 Å². The Morgan fingerprint density at radius 3 is 2.60 bits per heavy atom. The summed E-state index contributed by atoms with van der Waals surface area (Å²) in [5.74, 6) is 1.17. The summed E-state index contributed by atoms with van der Waals surface area (Å²) >= 11 is 0.